The smallest absolute Gasteiger partial charge is 0.0655 e. The molecular weight excluding hydrogens is 165 g/mol. The van der Waals surface area contributed by atoms with Gasteiger partial charge in [-0.2, -0.15) is 0 Å². The Hall–Kier alpha value is 0.440. The van der Waals surface area contributed by atoms with Crippen molar-refractivity contribution in [3.8, 4) is 0 Å². The Labute approximate surface area is 69.0 Å². The maximum atomic E-state index is 4.92. The van der Waals surface area contributed by atoms with Crippen LogP contribution < -0.4 is 5.32 Å². The lowest BCUT2D eigenvalue weighted by molar-refractivity contribution is 0.317. The predicted octanol–water partition coefficient (Wildman–Crippen LogP) is 0.913. The van der Waals surface area contributed by atoms with Crippen LogP contribution in [0.2, 0.25) is 0 Å². The van der Waals surface area contributed by atoms with E-state index in [1.807, 2.05) is 0 Å². The van der Waals surface area contributed by atoms with Crippen molar-refractivity contribution < 1.29 is 4.52 Å². The molecule has 3 atom stereocenters. The summed E-state index contributed by atoms with van der Waals surface area (Å²) in [7, 11) is 2.26. The van der Waals surface area contributed by atoms with E-state index in [2.05, 4.69) is 14.8 Å². The molecule has 1 aliphatic rings. The maximum Gasteiger partial charge on any atom is 0.0655 e. The van der Waals surface area contributed by atoms with Crippen LogP contribution in [0.3, 0.4) is 0 Å². The van der Waals surface area contributed by atoms with E-state index in [1.165, 1.54) is 6.42 Å². The minimum Gasteiger partial charge on any atom is -0.364 e. The van der Waals surface area contributed by atoms with Gasteiger partial charge in [0.15, 0.2) is 0 Å². The summed E-state index contributed by atoms with van der Waals surface area (Å²) in [6.45, 7) is 0.768. The van der Waals surface area contributed by atoms with Gasteiger partial charge in [-0.05, 0) is 18.2 Å². The van der Waals surface area contributed by atoms with Crippen LogP contribution in [-0.2, 0) is 4.52 Å². The van der Waals surface area contributed by atoms with E-state index in [1.54, 1.807) is 5.37 Å². The van der Waals surface area contributed by atoms with Crippen LogP contribution in [0.4, 0.5) is 0 Å². The zero-order chi connectivity index (χ0) is 7.40. The highest BCUT2D eigenvalue weighted by Gasteiger charge is 2.20. The van der Waals surface area contributed by atoms with Crippen molar-refractivity contribution in [3.05, 3.63) is 0 Å². The fourth-order valence-electron chi connectivity index (χ4n) is 1.21. The zero-order valence-electron chi connectivity index (χ0n) is 5.75. The highest BCUT2D eigenvalue weighted by Crippen LogP contribution is 2.11. The van der Waals surface area contributed by atoms with Crippen LogP contribution >= 0.6 is 21.7 Å². The molecule has 1 aliphatic heterocycles. The second kappa shape index (κ2) is 4.35. The molecule has 1 fully saturated rings. The Kier molecular flexibility index (Phi) is 3.71. The second-order valence-corrected chi connectivity index (χ2v) is 3.12. The van der Waals surface area contributed by atoms with Gasteiger partial charge in [-0.1, -0.05) is 12.2 Å². The van der Waals surface area contributed by atoms with Gasteiger partial charge in [0.2, 0.25) is 0 Å². The molecule has 0 radical (unpaired) electrons. The molecule has 0 bridgehead atoms. The maximum absolute atomic E-state index is 4.92. The summed E-state index contributed by atoms with van der Waals surface area (Å²) >= 11 is 4.82. The minimum absolute atomic E-state index is 0.431. The fraction of sp³-hybridized carbons (Fsp3) is 0.833. The first kappa shape index (κ1) is 8.54. The largest absolute Gasteiger partial charge is 0.364 e. The Morgan fingerprint density at radius 1 is 1.70 bits per heavy atom. The Bertz CT molecular complexity index is 122. The van der Waals surface area contributed by atoms with Crippen LogP contribution in [0.25, 0.3) is 0 Å². The van der Waals surface area contributed by atoms with Crippen molar-refractivity contribution in [1.29, 1.82) is 0 Å². The van der Waals surface area contributed by atoms with Gasteiger partial charge in [-0.3, -0.25) is 0 Å². The summed E-state index contributed by atoms with van der Waals surface area (Å²) in [5, 5.41) is 5.14. The van der Waals surface area contributed by atoms with Crippen molar-refractivity contribution in [2.24, 2.45) is 0 Å². The van der Waals surface area contributed by atoms with Crippen molar-refractivity contribution in [2.45, 2.75) is 24.9 Å². The molecule has 0 aromatic rings. The lowest BCUT2D eigenvalue weighted by Gasteiger charge is -2.08. The zero-order valence-corrected chi connectivity index (χ0v) is 7.72. The summed E-state index contributed by atoms with van der Waals surface area (Å²) in [6.07, 6.45) is 2.33. The normalized spacial score (nSPS) is 32.5. The average molecular weight is 177 g/mol. The molecule has 2 nitrogen and oxygen atoms in total. The average Bonchev–Trinajstić information content (AvgIpc) is 2.37. The third-order valence-electron chi connectivity index (χ3n) is 1.74. The van der Waals surface area contributed by atoms with Gasteiger partial charge in [-0.15, -0.1) is 0 Å². The van der Waals surface area contributed by atoms with Gasteiger partial charge in [0.25, 0.3) is 0 Å². The summed E-state index contributed by atoms with van der Waals surface area (Å²) in [5.41, 5.74) is 0. The first-order chi connectivity index (χ1) is 4.86. The van der Waals surface area contributed by atoms with Crippen LogP contribution in [0.1, 0.15) is 12.8 Å². The lowest BCUT2D eigenvalue weighted by atomic mass is 10.2. The molecule has 0 aromatic carbocycles. The lowest BCUT2D eigenvalue weighted by Crippen LogP contribution is -2.32. The van der Waals surface area contributed by atoms with E-state index in [9.17, 15) is 0 Å². The van der Waals surface area contributed by atoms with Gasteiger partial charge in [-0.25, -0.2) is 0 Å². The number of hydrogen-bond acceptors (Lipinski definition) is 3. The molecule has 0 amide bonds. The molecule has 1 rings (SSSR count). The molecule has 3 unspecified atom stereocenters. The van der Waals surface area contributed by atoms with E-state index in [0.717, 1.165) is 13.0 Å². The summed E-state index contributed by atoms with van der Waals surface area (Å²) < 4.78 is 4.92. The molecular formula is C6H12NOPS. The molecule has 10 heavy (non-hydrogen) atoms. The monoisotopic (exact) mass is 177 g/mol. The molecule has 58 valence electrons. The SMILES string of the molecule is POCC1CCC(C=S)N1. The first-order valence-electron chi connectivity index (χ1n) is 3.40. The molecule has 0 saturated carbocycles. The summed E-state index contributed by atoms with van der Waals surface area (Å²) in [6, 6.07) is 0.932. The Morgan fingerprint density at radius 3 is 3.00 bits per heavy atom. The standard InChI is InChI=1S/C6H12NOPS/c9-8-3-5-1-2-6(4-10)7-5/h4-7H,1-3,9H2. The topological polar surface area (TPSA) is 21.3 Å². The Morgan fingerprint density at radius 2 is 2.50 bits per heavy atom. The molecule has 4 heteroatoms. The quantitative estimate of drug-likeness (QED) is 0.511. The van der Waals surface area contributed by atoms with Crippen molar-refractivity contribution in [2.75, 3.05) is 6.61 Å². The molecule has 0 aromatic heterocycles. The Balaban J connectivity index is 2.21. The van der Waals surface area contributed by atoms with Gasteiger partial charge >= 0.3 is 0 Å². The van der Waals surface area contributed by atoms with Crippen LogP contribution in [-0.4, -0.2) is 24.1 Å². The van der Waals surface area contributed by atoms with E-state index in [4.69, 9.17) is 16.7 Å². The number of thiocarbonyl (C=S) groups is 1. The number of nitrogens with one attached hydrogen (secondary N) is 1. The highest BCUT2D eigenvalue weighted by atomic mass is 32.1. The summed E-state index contributed by atoms with van der Waals surface area (Å²) in [4.78, 5) is 0. The van der Waals surface area contributed by atoms with E-state index in [-0.39, 0.29) is 0 Å². The van der Waals surface area contributed by atoms with Crippen molar-refractivity contribution >= 4 is 27.1 Å². The van der Waals surface area contributed by atoms with Crippen LogP contribution in [0.5, 0.6) is 0 Å². The molecule has 1 N–H and O–H groups in total. The fourth-order valence-corrected chi connectivity index (χ4v) is 1.65. The van der Waals surface area contributed by atoms with E-state index >= 15 is 0 Å². The molecule has 0 aliphatic carbocycles. The predicted molar refractivity (Wildman–Crippen MR) is 49.3 cm³/mol. The van der Waals surface area contributed by atoms with Crippen molar-refractivity contribution in [3.63, 3.8) is 0 Å². The van der Waals surface area contributed by atoms with Crippen LogP contribution in [0, 0.1) is 0 Å². The van der Waals surface area contributed by atoms with E-state index < -0.39 is 0 Å². The first-order valence-corrected chi connectivity index (χ1v) is 4.34. The number of hydrogen-bond donors (Lipinski definition) is 1. The van der Waals surface area contributed by atoms with Gasteiger partial charge < -0.3 is 9.84 Å². The van der Waals surface area contributed by atoms with Crippen LogP contribution in [0.15, 0.2) is 0 Å². The highest BCUT2D eigenvalue weighted by molar-refractivity contribution is 7.79. The van der Waals surface area contributed by atoms with Crippen molar-refractivity contribution in [1.82, 2.24) is 5.32 Å². The number of rotatable bonds is 3. The summed E-state index contributed by atoms with van der Waals surface area (Å²) in [5.74, 6) is 0. The third-order valence-corrected chi connectivity index (χ3v) is 2.26. The molecule has 1 heterocycles. The van der Waals surface area contributed by atoms with E-state index in [0.29, 0.717) is 12.1 Å². The minimum atomic E-state index is 0.431. The molecule has 1 saturated heterocycles. The van der Waals surface area contributed by atoms with Gasteiger partial charge in [0, 0.05) is 21.6 Å². The third kappa shape index (κ3) is 2.24. The molecule has 0 spiro atoms. The second-order valence-electron chi connectivity index (χ2n) is 2.52. The van der Waals surface area contributed by atoms with Gasteiger partial charge in [0.1, 0.15) is 0 Å². The van der Waals surface area contributed by atoms with Gasteiger partial charge in [0.05, 0.1) is 6.61 Å².